The summed E-state index contributed by atoms with van der Waals surface area (Å²) in [6.07, 6.45) is 5.16. The number of rotatable bonds is 7. The van der Waals surface area contributed by atoms with Crippen molar-refractivity contribution in [2.24, 2.45) is 5.92 Å². The monoisotopic (exact) mass is 420 g/mol. The maximum Gasteiger partial charge on any atom is 0.311 e. The van der Waals surface area contributed by atoms with Crippen molar-refractivity contribution in [3.63, 3.8) is 0 Å². The molecule has 1 atom stereocenters. The Morgan fingerprint density at radius 3 is 2.48 bits per heavy atom. The summed E-state index contributed by atoms with van der Waals surface area (Å²) in [5.74, 6) is -1.31. The molecule has 1 aliphatic heterocycles. The van der Waals surface area contributed by atoms with E-state index in [1.165, 1.54) is 0 Å². The largest absolute Gasteiger partial charge is 0.455 e. The summed E-state index contributed by atoms with van der Waals surface area (Å²) in [5.41, 5.74) is 2.84. The minimum atomic E-state index is -0.480. The third-order valence-electron chi connectivity index (χ3n) is 6.13. The number of carbonyl (C=O) groups is 3. The van der Waals surface area contributed by atoms with E-state index in [9.17, 15) is 14.4 Å². The molecule has 4 rings (SSSR count). The third-order valence-corrected chi connectivity index (χ3v) is 6.13. The van der Waals surface area contributed by atoms with E-state index >= 15 is 0 Å². The van der Waals surface area contributed by atoms with Crippen LogP contribution in [0.3, 0.4) is 0 Å². The van der Waals surface area contributed by atoms with Crippen LogP contribution in [-0.4, -0.2) is 41.9 Å². The predicted octanol–water partition coefficient (Wildman–Crippen LogP) is 3.55. The first kappa shape index (κ1) is 21.1. The highest BCUT2D eigenvalue weighted by Crippen LogP contribution is 2.30. The Morgan fingerprint density at radius 2 is 1.71 bits per heavy atom. The summed E-state index contributed by atoms with van der Waals surface area (Å²) < 4.78 is 5.25. The van der Waals surface area contributed by atoms with Gasteiger partial charge in [-0.25, -0.2) is 0 Å². The van der Waals surface area contributed by atoms with Gasteiger partial charge in [0.1, 0.15) is 0 Å². The first-order chi connectivity index (χ1) is 15.1. The van der Waals surface area contributed by atoms with Gasteiger partial charge in [0.25, 0.3) is 5.91 Å². The van der Waals surface area contributed by atoms with Crippen molar-refractivity contribution in [3.05, 3.63) is 65.7 Å². The van der Waals surface area contributed by atoms with E-state index in [1.807, 2.05) is 59.5 Å². The zero-order chi connectivity index (χ0) is 21.6. The van der Waals surface area contributed by atoms with Gasteiger partial charge >= 0.3 is 5.97 Å². The van der Waals surface area contributed by atoms with Crippen LogP contribution >= 0.6 is 0 Å². The molecule has 0 unspecified atom stereocenters. The molecular formula is C25H28N2O4. The average Bonchev–Trinajstić information content (AvgIpc) is 3.44. The highest BCUT2D eigenvalue weighted by molar-refractivity contribution is 5.94. The average molecular weight is 421 g/mol. The molecule has 2 aromatic rings. The minimum absolute atomic E-state index is 0.0214. The minimum Gasteiger partial charge on any atom is -0.455 e. The van der Waals surface area contributed by atoms with E-state index in [0.29, 0.717) is 18.7 Å². The zero-order valence-electron chi connectivity index (χ0n) is 17.6. The van der Waals surface area contributed by atoms with Gasteiger partial charge in [0.2, 0.25) is 5.91 Å². The second-order valence-electron chi connectivity index (χ2n) is 8.36. The van der Waals surface area contributed by atoms with Crippen LogP contribution in [0.1, 0.15) is 43.2 Å². The molecule has 1 aliphatic carbocycles. The molecule has 6 nitrogen and oxygen atoms in total. The quantitative estimate of drug-likeness (QED) is 0.695. The fourth-order valence-electron chi connectivity index (χ4n) is 4.51. The molecule has 1 saturated heterocycles. The Balaban J connectivity index is 1.29. The molecule has 2 fully saturated rings. The fraction of sp³-hybridized carbons (Fsp3) is 0.400. The van der Waals surface area contributed by atoms with Crippen molar-refractivity contribution < 1.29 is 19.1 Å². The topological polar surface area (TPSA) is 75.7 Å². The summed E-state index contributed by atoms with van der Waals surface area (Å²) in [6.45, 7) is 0.0521. The van der Waals surface area contributed by atoms with Crippen LogP contribution in [-0.2, 0) is 25.5 Å². The van der Waals surface area contributed by atoms with Gasteiger partial charge in [-0.15, -0.1) is 0 Å². The van der Waals surface area contributed by atoms with E-state index in [0.717, 1.165) is 36.8 Å². The molecule has 1 saturated carbocycles. The van der Waals surface area contributed by atoms with Crippen LogP contribution in [0.2, 0.25) is 0 Å². The van der Waals surface area contributed by atoms with E-state index in [1.54, 1.807) is 0 Å². The van der Waals surface area contributed by atoms with E-state index in [4.69, 9.17) is 4.74 Å². The molecule has 0 radical (unpaired) electrons. The molecule has 2 aromatic carbocycles. The predicted molar refractivity (Wildman–Crippen MR) is 117 cm³/mol. The number of hydrogen-bond acceptors (Lipinski definition) is 4. The van der Waals surface area contributed by atoms with Crippen molar-refractivity contribution >= 4 is 23.5 Å². The molecular weight excluding hydrogens is 392 g/mol. The molecule has 0 bridgehead atoms. The normalized spacial score (nSPS) is 18.9. The molecule has 31 heavy (non-hydrogen) atoms. The van der Waals surface area contributed by atoms with Gasteiger partial charge in [0, 0.05) is 24.7 Å². The van der Waals surface area contributed by atoms with Crippen LogP contribution in [0.25, 0.3) is 0 Å². The van der Waals surface area contributed by atoms with Crippen molar-refractivity contribution in [1.29, 1.82) is 0 Å². The summed E-state index contributed by atoms with van der Waals surface area (Å²) >= 11 is 0. The van der Waals surface area contributed by atoms with Crippen LogP contribution < -0.4 is 5.32 Å². The summed E-state index contributed by atoms with van der Waals surface area (Å²) in [6, 6.07) is 17.9. The Morgan fingerprint density at radius 1 is 1.00 bits per heavy atom. The lowest BCUT2D eigenvalue weighted by Crippen LogP contribution is -2.35. The number of likely N-dealkylation sites (tertiary alicyclic amines) is 1. The van der Waals surface area contributed by atoms with Crippen molar-refractivity contribution in [1.82, 2.24) is 4.90 Å². The summed E-state index contributed by atoms with van der Waals surface area (Å²) in [4.78, 5) is 39.0. The molecule has 0 spiro atoms. The van der Waals surface area contributed by atoms with E-state index < -0.39 is 11.9 Å². The highest BCUT2D eigenvalue weighted by Gasteiger charge is 2.39. The first-order valence-electron chi connectivity index (χ1n) is 11.0. The summed E-state index contributed by atoms with van der Waals surface area (Å²) in [5, 5.41) is 2.85. The van der Waals surface area contributed by atoms with Crippen LogP contribution in [0, 0.1) is 5.92 Å². The SMILES string of the molecule is O=C(COC(=O)[C@@H]1CC(=O)N(C2CCCC2)C1)Nc1ccccc1Cc1ccccc1. The molecule has 2 amide bonds. The van der Waals surface area contributed by atoms with E-state index in [-0.39, 0.29) is 30.9 Å². The molecule has 6 heteroatoms. The standard InChI is InChI=1S/C25H28N2O4/c28-23(26-22-13-7-4-10-19(22)14-18-8-2-1-3-9-18)17-31-25(30)20-15-24(29)27(16-20)21-11-5-6-12-21/h1-4,7-10,13,20-21H,5-6,11-12,14-17H2,(H,26,28)/t20-/m1/s1. The Hall–Kier alpha value is -3.15. The molecule has 0 aromatic heterocycles. The van der Waals surface area contributed by atoms with Gasteiger partial charge < -0.3 is 15.0 Å². The number of para-hydroxylation sites is 1. The molecule has 2 aliphatic rings. The first-order valence-corrected chi connectivity index (χ1v) is 11.0. The number of carbonyl (C=O) groups excluding carboxylic acids is 3. The summed E-state index contributed by atoms with van der Waals surface area (Å²) in [7, 11) is 0. The van der Waals surface area contributed by atoms with Gasteiger partial charge in [0.05, 0.1) is 5.92 Å². The van der Waals surface area contributed by atoms with Crippen molar-refractivity contribution in [3.8, 4) is 0 Å². The number of nitrogens with zero attached hydrogens (tertiary/aromatic N) is 1. The number of ether oxygens (including phenoxy) is 1. The van der Waals surface area contributed by atoms with Gasteiger partial charge in [0.15, 0.2) is 6.61 Å². The highest BCUT2D eigenvalue weighted by atomic mass is 16.5. The number of hydrogen-bond donors (Lipinski definition) is 1. The third kappa shape index (κ3) is 5.32. The number of amides is 2. The fourth-order valence-corrected chi connectivity index (χ4v) is 4.51. The van der Waals surface area contributed by atoms with Gasteiger partial charge in [-0.1, -0.05) is 61.4 Å². The van der Waals surface area contributed by atoms with Crippen LogP contribution in [0.15, 0.2) is 54.6 Å². The van der Waals surface area contributed by atoms with Gasteiger partial charge in [-0.05, 0) is 36.5 Å². The number of esters is 1. The molecule has 1 N–H and O–H groups in total. The molecule has 1 heterocycles. The van der Waals surface area contributed by atoms with Crippen molar-refractivity contribution in [2.45, 2.75) is 44.6 Å². The van der Waals surface area contributed by atoms with Crippen LogP contribution in [0.4, 0.5) is 5.69 Å². The maximum atomic E-state index is 12.4. The lowest BCUT2D eigenvalue weighted by molar-refractivity contribution is -0.151. The van der Waals surface area contributed by atoms with Crippen molar-refractivity contribution in [2.75, 3.05) is 18.5 Å². The maximum absolute atomic E-state index is 12.4. The number of anilines is 1. The van der Waals surface area contributed by atoms with E-state index in [2.05, 4.69) is 5.32 Å². The molecule has 162 valence electrons. The van der Waals surface area contributed by atoms with Gasteiger partial charge in [-0.3, -0.25) is 14.4 Å². The zero-order valence-corrected chi connectivity index (χ0v) is 17.6. The Kier molecular flexibility index (Phi) is 6.65. The number of benzene rings is 2. The van der Waals surface area contributed by atoms with Gasteiger partial charge in [-0.2, -0.15) is 0 Å². The number of nitrogens with one attached hydrogen (secondary N) is 1. The second-order valence-corrected chi connectivity index (χ2v) is 8.36. The smallest absolute Gasteiger partial charge is 0.311 e. The Bertz CT molecular complexity index is 938. The lowest BCUT2D eigenvalue weighted by Gasteiger charge is -2.23. The second kappa shape index (κ2) is 9.77. The van der Waals surface area contributed by atoms with Crippen LogP contribution in [0.5, 0.6) is 0 Å². The Labute approximate surface area is 182 Å². The lowest BCUT2D eigenvalue weighted by atomic mass is 10.0.